The molecule has 10 nitrogen and oxygen atoms in total. The Morgan fingerprint density at radius 2 is 1.68 bits per heavy atom. The van der Waals surface area contributed by atoms with Gasteiger partial charge in [-0.05, 0) is 37.5 Å². The van der Waals surface area contributed by atoms with Crippen molar-refractivity contribution in [2.24, 2.45) is 5.10 Å². The number of benzene rings is 2. The van der Waals surface area contributed by atoms with Gasteiger partial charge in [-0.3, -0.25) is 10.1 Å². The summed E-state index contributed by atoms with van der Waals surface area (Å²) in [6.07, 6.45) is 3.87. The number of nitrogens with zero attached hydrogens (tertiary/aromatic N) is 6. The maximum atomic E-state index is 10.9. The highest BCUT2D eigenvalue weighted by atomic mass is 16.6. The Bertz CT molecular complexity index is 1080. The van der Waals surface area contributed by atoms with Gasteiger partial charge in [0.1, 0.15) is 0 Å². The van der Waals surface area contributed by atoms with Crippen LogP contribution in [0.4, 0.5) is 29.2 Å². The van der Waals surface area contributed by atoms with Gasteiger partial charge in [0, 0.05) is 30.9 Å². The van der Waals surface area contributed by atoms with Gasteiger partial charge in [0.2, 0.25) is 17.8 Å². The first-order valence-corrected chi connectivity index (χ1v) is 9.95. The number of aromatic nitrogens is 3. The molecule has 0 saturated carbocycles. The molecule has 1 aliphatic heterocycles. The number of nitro benzene ring substituents is 1. The standard InChI is InChI=1S/C21H22N8O2/c1-15-4-6-16(7-5-15)14-22-27-20-24-19(25-21(26-20)28-12-2-3-13-28)23-17-8-10-18(11-9-17)29(30)31/h4-11,14H,2-3,12-13H2,1H3,(H2,23,24,25,26,27)/b22-14+. The van der Waals surface area contributed by atoms with Gasteiger partial charge in [0.05, 0.1) is 11.1 Å². The van der Waals surface area contributed by atoms with Gasteiger partial charge < -0.3 is 10.2 Å². The van der Waals surface area contributed by atoms with Gasteiger partial charge in [-0.1, -0.05) is 29.8 Å². The second kappa shape index (κ2) is 9.16. The smallest absolute Gasteiger partial charge is 0.269 e. The van der Waals surface area contributed by atoms with Crippen LogP contribution in [-0.2, 0) is 0 Å². The number of non-ortho nitro benzene ring substituents is 1. The zero-order valence-electron chi connectivity index (χ0n) is 17.0. The molecule has 0 spiro atoms. The van der Waals surface area contributed by atoms with Crippen molar-refractivity contribution in [1.29, 1.82) is 0 Å². The van der Waals surface area contributed by atoms with Crippen molar-refractivity contribution >= 4 is 35.4 Å². The van der Waals surface area contributed by atoms with Gasteiger partial charge >= 0.3 is 0 Å². The van der Waals surface area contributed by atoms with Crippen molar-refractivity contribution in [2.75, 3.05) is 28.7 Å². The first-order chi connectivity index (χ1) is 15.1. The molecule has 2 heterocycles. The molecule has 1 aliphatic rings. The summed E-state index contributed by atoms with van der Waals surface area (Å²) in [4.78, 5) is 25.9. The normalized spacial score (nSPS) is 13.5. The molecule has 0 unspecified atom stereocenters. The number of anilines is 4. The van der Waals surface area contributed by atoms with E-state index >= 15 is 0 Å². The molecule has 2 aromatic carbocycles. The van der Waals surface area contributed by atoms with Crippen LogP contribution in [-0.4, -0.2) is 39.2 Å². The molecule has 4 rings (SSSR count). The number of nitro groups is 1. The zero-order valence-corrected chi connectivity index (χ0v) is 17.0. The Morgan fingerprint density at radius 1 is 1.00 bits per heavy atom. The van der Waals surface area contributed by atoms with E-state index in [0.717, 1.165) is 31.5 Å². The number of aryl methyl sites for hydroxylation is 1. The maximum Gasteiger partial charge on any atom is 0.269 e. The Morgan fingerprint density at radius 3 is 2.35 bits per heavy atom. The summed E-state index contributed by atoms with van der Waals surface area (Å²) in [5, 5.41) is 18.2. The van der Waals surface area contributed by atoms with Crippen molar-refractivity contribution in [3.8, 4) is 0 Å². The SMILES string of the molecule is Cc1ccc(/C=N/Nc2nc(Nc3ccc([N+](=O)[O-])cc3)nc(N3CCCC3)n2)cc1. The molecule has 1 fully saturated rings. The van der Waals surface area contributed by atoms with Crippen LogP contribution in [0.1, 0.15) is 24.0 Å². The van der Waals surface area contributed by atoms with Crippen LogP contribution in [0.25, 0.3) is 0 Å². The fourth-order valence-electron chi connectivity index (χ4n) is 3.14. The molecular formula is C21H22N8O2. The van der Waals surface area contributed by atoms with E-state index in [1.807, 2.05) is 31.2 Å². The van der Waals surface area contributed by atoms with E-state index in [9.17, 15) is 10.1 Å². The van der Waals surface area contributed by atoms with Crippen LogP contribution < -0.4 is 15.6 Å². The van der Waals surface area contributed by atoms with E-state index in [-0.39, 0.29) is 5.69 Å². The van der Waals surface area contributed by atoms with E-state index in [1.165, 1.54) is 17.7 Å². The van der Waals surface area contributed by atoms with Crippen LogP contribution in [0.5, 0.6) is 0 Å². The van der Waals surface area contributed by atoms with Crippen molar-refractivity contribution in [2.45, 2.75) is 19.8 Å². The Hall–Kier alpha value is -4.08. The lowest BCUT2D eigenvalue weighted by Crippen LogP contribution is -2.21. The summed E-state index contributed by atoms with van der Waals surface area (Å²) in [6.45, 7) is 3.80. The fourth-order valence-corrected chi connectivity index (χ4v) is 3.14. The largest absolute Gasteiger partial charge is 0.341 e. The molecule has 0 bridgehead atoms. The van der Waals surface area contributed by atoms with Crippen molar-refractivity contribution in [1.82, 2.24) is 15.0 Å². The number of nitrogens with one attached hydrogen (secondary N) is 2. The van der Waals surface area contributed by atoms with Crippen LogP contribution >= 0.6 is 0 Å². The van der Waals surface area contributed by atoms with Crippen LogP contribution in [0, 0.1) is 17.0 Å². The summed E-state index contributed by atoms with van der Waals surface area (Å²) in [6, 6.07) is 14.1. The third-order valence-corrected chi connectivity index (χ3v) is 4.80. The van der Waals surface area contributed by atoms with Crippen LogP contribution in [0.15, 0.2) is 53.6 Å². The molecule has 1 saturated heterocycles. The molecule has 158 valence electrons. The van der Waals surface area contributed by atoms with Crippen molar-refractivity contribution < 1.29 is 4.92 Å². The summed E-state index contributed by atoms with van der Waals surface area (Å²) in [5.41, 5.74) is 5.67. The number of rotatable bonds is 7. The van der Waals surface area contributed by atoms with Crippen molar-refractivity contribution in [3.05, 3.63) is 69.8 Å². The molecular weight excluding hydrogens is 396 g/mol. The quantitative estimate of drug-likeness (QED) is 0.337. The van der Waals surface area contributed by atoms with Crippen LogP contribution in [0.2, 0.25) is 0 Å². The molecule has 0 atom stereocenters. The van der Waals surface area contributed by atoms with Gasteiger partial charge in [-0.25, -0.2) is 5.43 Å². The third kappa shape index (κ3) is 5.30. The monoisotopic (exact) mass is 418 g/mol. The fraction of sp³-hybridized carbons (Fsp3) is 0.238. The van der Waals surface area contributed by atoms with Crippen molar-refractivity contribution in [3.63, 3.8) is 0 Å². The average Bonchev–Trinajstić information content (AvgIpc) is 3.30. The first kappa shape index (κ1) is 20.2. The van der Waals surface area contributed by atoms with E-state index in [2.05, 4.69) is 35.7 Å². The second-order valence-electron chi connectivity index (χ2n) is 7.19. The summed E-state index contributed by atoms with van der Waals surface area (Å²) in [5.74, 6) is 1.20. The zero-order chi connectivity index (χ0) is 21.6. The minimum atomic E-state index is -0.438. The van der Waals surface area contributed by atoms with Crippen LogP contribution in [0.3, 0.4) is 0 Å². The predicted octanol–water partition coefficient (Wildman–Crippen LogP) is 3.88. The van der Waals surface area contributed by atoms with E-state index in [0.29, 0.717) is 23.5 Å². The van der Waals surface area contributed by atoms with E-state index in [4.69, 9.17) is 0 Å². The highest BCUT2D eigenvalue weighted by Crippen LogP contribution is 2.22. The summed E-state index contributed by atoms with van der Waals surface area (Å²) >= 11 is 0. The number of hydrogen-bond acceptors (Lipinski definition) is 9. The molecule has 10 heteroatoms. The van der Waals surface area contributed by atoms with Gasteiger partial charge in [0.15, 0.2) is 0 Å². The first-order valence-electron chi connectivity index (χ1n) is 9.95. The van der Waals surface area contributed by atoms with Gasteiger partial charge in [-0.2, -0.15) is 20.1 Å². The molecule has 0 amide bonds. The molecule has 3 aromatic rings. The Balaban J connectivity index is 1.54. The summed E-state index contributed by atoms with van der Waals surface area (Å²) < 4.78 is 0. The minimum Gasteiger partial charge on any atom is -0.341 e. The lowest BCUT2D eigenvalue weighted by atomic mass is 10.2. The third-order valence-electron chi connectivity index (χ3n) is 4.80. The molecule has 1 aromatic heterocycles. The van der Waals surface area contributed by atoms with Gasteiger partial charge in [0.25, 0.3) is 5.69 Å². The van der Waals surface area contributed by atoms with Gasteiger partial charge in [-0.15, -0.1) is 0 Å². The minimum absolute atomic E-state index is 0.0201. The molecule has 0 radical (unpaired) electrons. The number of hydrogen-bond donors (Lipinski definition) is 2. The Kier molecular flexibility index (Phi) is 5.97. The average molecular weight is 418 g/mol. The molecule has 31 heavy (non-hydrogen) atoms. The lowest BCUT2D eigenvalue weighted by molar-refractivity contribution is -0.384. The topological polar surface area (TPSA) is 121 Å². The number of hydrazone groups is 1. The highest BCUT2D eigenvalue weighted by Gasteiger charge is 2.17. The maximum absolute atomic E-state index is 10.9. The van der Waals surface area contributed by atoms with E-state index in [1.54, 1.807) is 18.3 Å². The predicted molar refractivity (Wildman–Crippen MR) is 120 cm³/mol. The second-order valence-corrected chi connectivity index (χ2v) is 7.19. The summed E-state index contributed by atoms with van der Waals surface area (Å²) in [7, 11) is 0. The van der Waals surface area contributed by atoms with E-state index < -0.39 is 4.92 Å². The molecule has 0 aliphatic carbocycles. The Labute approximate surface area is 179 Å². The lowest BCUT2D eigenvalue weighted by Gasteiger charge is -2.16. The molecule has 2 N–H and O–H groups in total. The highest BCUT2D eigenvalue weighted by molar-refractivity contribution is 5.80.